The molecule has 0 aromatic carbocycles. The van der Waals surface area contributed by atoms with Gasteiger partial charge in [-0.3, -0.25) is 4.90 Å². The molecule has 3 heteroatoms. The van der Waals surface area contributed by atoms with E-state index >= 15 is 0 Å². The molecule has 0 unspecified atom stereocenters. The van der Waals surface area contributed by atoms with Crippen LogP contribution >= 0.6 is 11.6 Å². The first-order valence-electron chi connectivity index (χ1n) is 6.59. The first-order chi connectivity index (χ1) is 8.27. The number of unbranched alkanes of at least 4 members (excludes halogenated alkanes) is 2. The summed E-state index contributed by atoms with van der Waals surface area (Å²) in [6.45, 7) is 7.69. The van der Waals surface area contributed by atoms with E-state index in [1.54, 1.807) is 6.20 Å². The summed E-state index contributed by atoms with van der Waals surface area (Å²) < 4.78 is 0. The highest BCUT2D eigenvalue weighted by atomic mass is 35.5. The van der Waals surface area contributed by atoms with Gasteiger partial charge in [-0.2, -0.15) is 0 Å². The first kappa shape index (κ1) is 14.5. The SMILES string of the molecule is CCCCN(CCCC)Cc1cccnc1Cl. The molecule has 1 aromatic rings. The fourth-order valence-corrected chi connectivity index (χ4v) is 1.99. The lowest BCUT2D eigenvalue weighted by Crippen LogP contribution is -2.25. The minimum Gasteiger partial charge on any atom is -0.299 e. The minimum absolute atomic E-state index is 0.644. The molecule has 0 fully saturated rings. The van der Waals surface area contributed by atoms with Crippen LogP contribution in [-0.2, 0) is 6.54 Å². The molecule has 2 nitrogen and oxygen atoms in total. The molecule has 1 aromatic heterocycles. The standard InChI is InChI=1S/C14H23ClN2/c1-3-5-10-17(11-6-4-2)12-13-8-7-9-16-14(13)15/h7-9H,3-6,10-12H2,1-2H3. The second kappa shape index (κ2) is 8.48. The second-order valence-electron chi connectivity index (χ2n) is 4.44. The van der Waals surface area contributed by atoms with Gasteiger partial charge in [-0.05, 0) is 32.0 Å². The Kier molecular flexibility index (Phi) is 7.22. The predicted molar refractivity (Wildman–Crippen MR) is 74.3 cm³/mol. The Morgan fingerprint density at radius 2 is 1.82 bits per heavy atom. The lowest BCUT2D eigenvalue weighted by molar-refractivity contribution is 0.257. The van der Waals surface area contributed by atoms with Gasteiger partial charge in [0.15, 0.2) is 0 Å². The van der Waals surface area contributed by atoms with Crippen LogP contribution in [0.1, 0.15) is 45.1 Å². The quantitative estimate of drug-likeness (QED) is 0.649. The van der Waals surface area contributed by atoms with Crippen molar-refractivity contribution < 1.29 is 0 Å². The molecule has 0 bridgehead atoms. The van der Waals surface area contributed by atoms with Gasteiger partial charge in [0, 0.05) is 18.3 Å². The largest absolute Gasteiger partial charge is 0.299 e. The highest BCUT2D eigenvalue weighted by molar-refractivity contribution is 6.30. The molecule has 0 aliphatic heterocycles. The van der Waals surface area contributed by atoms with E-state index in [-0.39, 0.29) is 0 Å². The lowest BCUT2D eigenvalue weighted by atomic mass is 10.2. The summed E-state index contributed by atoms with van der Waals surface area (Å²) in [4.78, 5) is 6.61. The second-order valence-corrected chi connectivity index (χ2v) is 4.79. The van der Waals surface area contributed by atoms with E-state index in [1.165, 1.54) is 25.7 Å². The van der Waals surface area contributed by atoms with Gasteiger partial charge < -0.3 is 0 Å². The summed E-state index contributed by atoms with van der Waals surface area (Å²) in [6.07, 6.45) is 6.73. The highest BCUT2D eigenvalue weighted by Crippen LogP contribution is 2.15. The topological polar surface area (TPSA) is 16.1 Å². The zero-order valence-electron chi connectivity index (χ0n) is 11.0. The highest BCUT2D eigenvalue weighted by Gasteiger charge is 2.07. The van der Waals surface area contributed by atoms with E-state index in [0.29, 0.717) is 5.15 Å². The van der Waals surface area contributed by atoms with Crippen molar-refractivity contribution >= 4 is 11.6 Å². The average Bonchev–Trinajstić information content (AvgIpc) is 2.35. The van der Waals surface area contributed by atoms with Crippen LogP contribution in [0.15, 0.2) is 18.3 Å². The minimum atomic E-state index is 0.644. The van der Waals surface area contributed by atoms with Gasteiger partial charge in [-0.25, -0.2) is 4.98 Å². The van der Waals surface area contributed by atoms with Crippen molar-refractivity contribution in [2.45, 2.75) is 46.1 Å². The van der Waals surface area contributed by atoms with E-state index in [4.69, 9.17) is 11.6 Å². The molecule has 0 radical (unpaired) electrons. The number of hydrogen-bond acceptors (Lipinski definition) is 2. The average molecular weight is 255 g/mol. The van der Waals surface area contributed by atoms with E-state index < -0.39 is 0 Å². The van der Waals surface area contributed by atoms with E-state index in [2.05, 4.69) is 29.8 Å². The molecule has 0 atom stereocenters. The number of rotatable bonds is 8. The van der Waals surface area contributed by atoms with Crippen LogP contribution in [0, 0.1) is 0 Å². The summed E-state index contributed by atoms with van der Waals surface area (Å²) >= 11 is 6.10. The third-order valence-corrected chi connectivity index (χ3v) is 3.23. The molecule has 0 saturated carbocycles. The van der Waals surface area contributed by atoms with Crippen LogP contribution in [0.5, 0.6) is 0 Å². The van der Waals surface area contributed by atoms with Gasteiger partial charge in [0.05, 0.1) is 0 Å². The fourth-order valence-electron chi connectivity index (χ4n) is 1.81. The molecule has 96 valence electrons. The van der Waals surface area contributed by atoms with Crippen LogP contribution in [0.4, 0.5) is 0 Å². The van der Waals surface area contributed by atoms with Crippen molar-refractivity contribution in [3.8, 4) is 0 Å². The molecular formula is C14H23ClN2. The maximum atomic E-state index is 6.10. The van der Waals surface area contributed by atoms with Crippen LogP contribution in [0.25, 0.3) is 0 Å². The Morgan fingerprint density at radius 3 is 2.35 bits per heavy atom. The molecule has 0 saturated heterocycles. The summed E-state index contributed by atoms with van der Waals surface area (Å²) in [7, 11) is 0. The van der Waals surface area contributed by atoms with Crippen molar-refractivity contribution in [3.63, 3.8) is 0 Å². The maximum Gasteiger partial charge on any atom is 0.133 e. The predicted octanol–water partition coefficient (Wildman–Crippen LogP) is 4.14. The third-order valence-electron chi connectivity index (χ3n) is 2.89. The zero-order valence-corrected chi connectivity index (χ0v) is 11.7. The number of nitrogens with zero attached hydrogens (tertiary/aromatic N) is 2. The molecule has 1 heterocycles. The molecule has 1 rings (SSSR count). The number of aromatic nitrogens is 1. The van der Waals surface area contributed by atoms with Crippen molar-refractivity contribution in [2.24, 2.45) is 0 Å². The lowest BCUT2D eigenvalue weighted by Gasteiger charge is -2.22. The van der Waals surface area contributed by atoms with Crippen LogP contribution in [0.2, 0.25) is 5.15 Å². The van der Waals surface area contributed by atoms with E-state index in [0.717, 1.165) is 25.2 Å². The molecule has 0 aliphatic rings. The van der Waals surface area contributed by atoms with Crippen molar-refractivity contribution in [1.29, 1.82) is 0 Å². The zero-order chi connectivity index (χ0) is 12.5. The summed E-state index contributed by atoms with van der Waals surface area (Å²) in [5.74, 6) is 0. The molecule has 0 N–H and O–H groups in total. The van der Waals surface area contributed by atoms with Crippen LogP contribution < -0.4 is 0 Å². The van der Waals surface area contributed by atoms with Gasteiger partial charge in [-0.1, -0.05) is 44.4 Å². The number of hydrogen-bond donors (Lipinski definition) is 0. The van der Waals surface area contributed by atoms with Crippen molar-refractivity contribution in [1.82, 2.24) is 9.88 Å². The smallest absolute Gasteiger partial charge is 0.133 e. The Bertz CT molecular complexity index is 307. The van der Waals surface area contributed by atoms with Gasteiger partial charge >= 0.3 is 0 Å². The first-order valence-corrected chi connectivity index (χ1v) is 6.97. The Labute approximate surface area is 110 Å². The summed E-state index contributed by atoms with van der Waals surface area (Å²) in [5.41, 5.74) is 1.14. The number of pyridine rings is 1. The Hall–Kier alpha value is -0.600. The van der Waals surface area contributed by atoms with E-state index in [9.17, 15) is 0 Å². The van der Waals surface area contributed by atoms with Gasteiger partial charge in [0.1, 0.15) is 5.15 Å². The van der Waals surface area contributed by atoms with Crippen molar-refractivity contribution in [3.05, 3.63) is 29.0 Å². The normalized spacial score (nSPS) is 11.1. The van der Waals surface area contributed by atoms with Crippen molar-refractivity contribution in [2.75, 3.05) is 13.1 Å². The molecule has 0 aliphatic carbocycles. The molecule has 0 spiro atoms. The Balaban J connectivity index is 2.55. The summed E-state index contributed by atoms with van der Waals surface area (Å²) in [5, 5.41) is 0.644. The monoisotopic (exact) mass is 254 g/mol. The Morgan fingerprint density at radius 1 is 1.18 bits per heavy atom. The fraction of sp³-hybridized carbons (Fsp3) is 0.643. The van der Waals surface area contributed by atoms with Crippen LogP contribution in [-0.4, -0.2) is 23.0 Å². The van der Waals surface area contributed by atoms with Gasteiger partial charge in [0.2, 0.25) is 0 Å². The van der Waals surface area contributed by atoms with E-state index in [1.807, 2.05) is 6.07 Å². The van der Waals surface area contributed by atoms with Gasteiger partial charge in [-0.15, -0.1) is 0 Å². The maximum absolute atomic E-state index is 6.10. The van der Waals surface area contributed by atoms with Crippen LogP contribution in [0.3, 0.4) is 0 Å². The third kappa shape index (κ3) is 5.51. The number of halogens is 1. The molecule has 17 heavy (non-hydrogen) atoms. The summed E-state index contributed by atoms with van der Waals surface area (Å²) in [6, 6.07) is 4.03. The van der Waals surface area contributed by atoms with Gasteiger partial charge in [0.25, 0.3) is 0 Å². The molecular weight excluding hydrogens is 232 g/mol. The molecule has 0 amide bonds.